The van der Waals surface area contributed by atoms with E-state index in [4.69, 9.17) is 0 Å². The summed E-state index contributed by atoms with van der Waals surface area (Å²) < 4.78 is 13.6. The molecule has 1 unspecified atom stereocenters. The molecule has 0 spiro atoms. The molecule has 1 aromatic rings. The predicted octanol–water partition coefficient (Wildman–Crippen LogP) is 2.54. The quantitative estimate of drug-likeness (QED) is 0.881. The molecule has 3 nitrogen and oxygen atoms in total. The molecule has 4 heteroatoms. The van der Waals surface area contributed by atoms with Crippen molar-refractivity contribution in [3.05, 3.63) is 35.6 Å². The lowest BCUT2D eigenvalue weighted by atomic mass is 10.1. The third-order valence-electron chi connectivity index (χ3n) is 3.61. The van der Waals surface area contributed by atoms with Gasteiger partial charge < -0.3 is 10.6 Å². The van der Waals surface area contributed by atoms with Gasteiger partial charge in [-0.05, 0) is 32.4 Å². The van der Waals surface area contributed by atoms with Crippen molar-refractivity contribution in [3.63, 3.8) is 0 Å². The molecule has 1 aromatic carbocycles. The topological polar surface area (TPSA) is 41.1 Å². The van der Waals surface area contributed by atoms with Gasteiger partial charge in [0.15, 0.2) is 0 Å². The molecule has 1 saturated heterocycles. The molecule has 2 atom stereocenters. The third-order valence-corrected chi connectivity index (χ3v) is 3.61. The van der Waals surface area contributed by atoms with E-state index in [0.717, 1.165) is 25.8 Å². The molecule has 1 fully saturated rings. The molecule has 1 aliphatic heterocycles. The number of rotatable bonds is 3. The Labute approximate surface area is 113 Å². The Morgan fingerprint density at radius 2 is 2.16 bits per heavy atom. The third kappa shape index (κ3) is 3.77. The fraction of sp³-hybridized carbons (Fsp3) is 0.533. The SMILES string of the molecule is C[C@@H](NC(=O)C1CCCCCN1)c1ccccc1F. The van der Waals surface area contributed by atoms with Crippen LogP contribution in [0, 0.1) is 5.82 Å². The first kappa shape index (κ1) is 14.0. The van der Waals surface area contributed by atoms with E-state index in [-0.39, 0.29) is 23.8 Å². The summed E-state index contributed by atoms with van der Waals surface area (Å²) in [6.45, 7) is 2.69. The number of carbonyl (C=O) groups is 1. The van der Waals surface area contributed by atoms with Crippen LogP contribution in [0.4, 0.5) is 4.39 Å². The zero-order valence-corrected chi connectivity index (χ0v) is 11.3. The number of carbonyl (C=O) groups excluding carboxylic acids is 1. The lowest BCUT2D eigenvalue weighted by Crippen LogP contribution is -2.44. The Morgan fingerprint density at radius 3 is 2.95 bits per heavy atom. The molecule has 1 aliphatic rings. The van der Waals surface area contributed by atoms with Crippen molar-refractivity contribution < 1.29 is 9.18 Å². The fourth-order valence-corrected chi connectivity index (χ4v) is 2.47. The van der Waals surface area contributed by atoms with Gasteiger partial charge in [0.05, 0.1) is 12.1 Å². The van der Waals surface area contributed by atoms with Crippen molar-refractivity contribution in [3.8, 4) is 0 Å². The van der Waals surface area contributed by atoms with Crippen LogP contribution < -0.4 is 10.6 Å². The highest BCUT2D eigenvalue weighted by Gasteiger charge is 2.21. The van der Waals surface area contributed by atoms with Crippen molar-refractivity contribution in [1.82, 2.24) is 10.6 Å². The van der Waals surface area contributed by atoms with Crippen LogP contribution in [0.1, 0.15) is 44.2 Å². The summed E-state index contributed by atoms with van der Waals surface area (Å²) in [5.74, 6) is -0.304. The minimum absolute atomic E-state index is 0.0300. The highest BCUT2D eigenvalue weighted by molar-refractivity contribution is 5.82. The van der Waals surface area contributed by atoms with Gasteiger partial charge in [-0.15, -0.1) is 0 Å². The standard InChI is InChI=1S/C15H21FN2O/c1-11(12-7-4-5-8-13(12)16)18-15(19)14-9-3-2-6-10-17-14/h4-5,7-8,11,14,17H,2-3,6,9-10H2,1H3,(H,18,19)/t11-,14?/m1/s1. The van der Waals surface area contributed by atoms with Gasteiger partial charge in [0.1, 0.15) is 5.82 Å². The number of nitrogens with one attached hydrogen (secondary N) is 2. The van der Waals surface area contributed by atoms with E-state index in [1.165, 1.54) is 12.5 Å². The van der Waals surface area contributed by atoms with Gasteiger partial charge >= 0.3 is 0 Å². The summed E-state index contributed by atoms with van der Waals surface area (Å²) >= 11 is 0. The second kappa shape index (κ2) is 6.66. The number of hydrogen-bond donors (Lipinski definition) is 2. The van der Waals surface area contributed by atoms with Crippen molar-refractivity contribution in [2.75, 3.05) is 6.54 Å². The van der Waals surface area contributed by atoms with Gasteiger partial charge in [0, 0.05) is 5.56 Å². The second-order valence-corrected chi connectivity index (χ2v) is 5.11. The molecule has 0 bridgehead atoms. The molecule has 2 rings (SSSR count). The Hall–Kier alpha value is -1.42. The highest BCUT2D eigenvalue weighted by atomic mass is 19.1. The van der Waals surface area contributed by atoms with E-state index in [9.17, 15) is 9.18 Å². The minimum atomic E-state index is -0.307. The summed E-state index contributed by atoms with van der Waals surface area (Å²) in [5, 5.41) is 6.14. The highest BCUT2D eigenvalue weighted by Crippen LogP contribution is 2.17. The first-order valence-corrected chi connectivity index (χ1v) is 6.96. The summed E-state index contributed by atoms with van der Waals surface area (Å²) in [5.41, 5.74) is 0.532. The molecule has 0 saturated carbocycles. The predicted molar refractivity (Wildman–Crippen MR) is 73.2 cm³/mol. The largest absolute Gasteiger partial charge is 0.348 e. The van der Waals surface area contributed by atoms with Gasteiger partial charge in [0.2, 0.25) is 5.91 Å². The van der Waals surface area contributed by atoms with Crippen LogP contribution in [0.3, 0.4) is 0 Å². The van der Waals surface area contributed by atoms with E-state index in [0.29, 0.717) is 5.56 Å². The number of hydrogen-bond acceptors (Lipinski definition) is 2. The van der Waals surface area contributed by atoms with Crippen LogP contribution in [0.25, 0.3) is 0 Å². The van der Waals surface area contributed by atoms with Crippen LogP contribution in [-0.4, -0.2) is 18.5 Å². The number of halogens is 1. The molecule has 1 amide bonds. The summed E-state index contributed by atoms with van der Waals surface area (Å²) in [6.07, 6.45) is 4.21. The van der Waals surface area contributed by atoms with E-state index >= 15 is 0 Å². The van der Waals surface area contributed by atoms with Gasteiger partial charge in [-0.1, -0.05) is 31.0 Å². The van der Waals surface area contributed by atoms with Crippen LogP contribution in [0.2, 0.25) is 0 Å². The van der Waals surface area contributed by atoms with Gasteiger partial charge in [0.25, 0.3) is 0 Å². The Bertz CT molecular complexity index is 428. The average Bonchev–Trinajstić information content (AvgIpc) is 2.68. The van der Waals surface area contributed by atoms with Crippen molar-refractivity contribution >= 4 is 5.91 Å². The summed E-state index contributed by atoms with van der Waals surface area (Å²) in [7, 11) is 0. The smallest absolute Gasteiger partial charge is 0.237 e. The first-order chi connectivity index (χ1) is 9.18. The Kier molecular flexibility index (Phi) is 4.91. The molecule has 2 N–H and O–H groups in total. The lowest BCUT2D eigenvalue weighted by molar-refractivity contribution is -0.123. The van der Waals surface area contributed by atoms with E-state index in [1.54, 1.807) is 18.2 Å². The molecule has 104 valence electrons. The maximum atomic E-state index is 13.6. The first-order valence-electron chi connectivity index (χ1n) is 6.96. The monoisotopic (exact) mass is 264 g/mol. The van der Waals surface area contributed by atoms with Crippen molar-refractivity contribution in [1.29, 1.82) is 0 Å². The summed E-state index contributed by atoms with van der Waals surface area (Å²) in [6, 6.07) is 6.11. The van der Waals surface area contributed by atoms with Crippen LogP contribution in [-0.2, 0) is 4.79 Å². The molecular formula is C15H21FN2O. The zero-order valence-electron chi connectivity index (χ0n) is 11.3. The lowest BCUT2D eigenvalue weighted by Gasteiger charge is -2.20. The van der Waals surface area contributed by atoms with Crippen LogP contribution >= 0.6 is 0 Å². The Morgan fingerprint density at radius 1 is 1.37 bits per heavy atom. The molecule has 1 heterocycles. The number of amides is 1. The van der Waals surface area contributed by atoms with E-state index < -0.39 is 0 Å². The molecule has 0 aromatic heterocycles. The fourth-order valence-electron chi connectivity index (χ4n) is 2.47. The molecular weight excluding hydrogens is 243 g/mol. The normalized spacial score (nSPS) is 21.5. The van der Waals surface area contributed by atoms with E-state index in [2.05, 4.69) is 10.6 Å². The van der Waals surface area contributed by atoms with Gasteiger partial charge in [-0.3, -0.25) is 4.79 Å². The maximum absolute atomic E-state index is 13.6. The maximum Gasteiger partial charge on any atom is 0.237 e. The van der Waals surface area contributed by atoms with E-state index in [1.807, 2.05) is 6.92 Å². The molecule has 19 heavy (non-hydrogen) atoms. The second-order valence-electron chi connectivity index (χ2n) is 5.11. The zero-order chi connectivity index (χ0) is 13.7. The Balaban J connectivity index is 1.96. The molecule has 0 aliphatic carbocycles. The molecule has 0 radical (unpaired) electrons. The average molecular weight is 264 g/mol. The van der Waals surface area contributed by atoms with Crippen LogP contribution in [0.5, 0.6) is 0 Å². The van der Waals surface area contributed by atoms with Gasteiger partial charge in [-0.25, -0.2) is 4.39 Å². The van der Waals surface area contributed by atoms with Crippen molar-refractivity contribution in [2.45, 2.75) is 44.7 Å². The van der Waals surface area contributed by atoms with Crippen molar-refractivity contribution in [2.24, 2.45) is 0 Å². The number of benzene rings is 1. The van der Waals surface area contributed by atoms with Gasteiger partial charge in [-0.2, -0.15) is 0 Å². The summed E-state index contributed by atoms with van der Waals surface area (Å²) in [4.78, 5) is 12.1. The van der Waals surface area contributed by atoms with Crippen LogP contribution in [0.15, 0.2) is 24.3 Å². The minimum Gasteiger partial charge on any atom is -0.348 e.